The SMILES string of the molecule is CC(C)CN(CCC(O)c1ccccc1Br)C1CCCC1. The van der Waals surface area contributed by atoms with Crippen molar-refractivity contribution in [3.05, 3.63) is 34.3 Å². The number of aliphatic hydroxyl groups excluding tert-OH is 1. The van der Waals surface area contributed by atoms with E-state index >= 15 is 0 Å². The van der Waals surface area contributed by atoms with Crippen molar-refractivity contribution < 1.29 is 5.11 Å². The Morgan fingerprint density at radius 2 is 1.90 bits per heavy atom. The zero-order valence-corrected chi connectivity index (χ0v) is 14.8. The van der Waals surface area contributed by atoms with Gasteiger partial charge < -0.3 is 10.0 Å². The Morgan fingerprint density at radius 3 is 2.52 bits per heavy atom. The molecule has 21 heavy (non-hydrogen) atoms. The van der Waals surface area contributed by atoms with Crippen LogP contribution in [0.4, 0.5) is 0 Å². The fourth-order valence-electron chi connectivity index (χ4n) is 3.35. The van der Waals surface area contributed by atoms with Crippen molar-refractivity contribution in [2.45, 2.75) is 58.1 Å². The topological polar surface area (TPSA) is 23.5 Å². The quantitative estimate of drug-likeness (QED) is 0.762. The molecule has 0 bridgehead atoms. The second-order valence-electron chi connectivity index (χ2n) is 6.65. The molecule has 1 N–H and O–H groups in total. The highest BCUT2D eigenvalue weighted by molar-refractivity contribution is 9.10. The summed E-state index contributed by atoms with van der Waals surface area (Å²) in [5.41, 5.74) is 1.01. The summed E-state index contributed by atoms with van der Waals surface area (Å²) in [7, 11) is 0. The van der Waals surface area contributed by atoms with Crippen molar-refractivity contribution in [2.24, 2.45) is 5.92 Å². The molecule has 1 fully saturated rings. The smallest absolute Gasteiger partial charge is 0.0813 e. The molecule has 1 unspecified atom stereocenters. The molecule has 1 aromatic carbocycles. The van der Waals surface area contributed by atoms with Gasteiger partial charge in [-0.3, -0.25) is 0 Å². The maximum absolute atomic E-state index is 10.5. The van der Waals surface area contributed by atoms with Gasteiger partial charge in [-0.1, -0.05) is 60.8 Å². The monoisotopic (exact) mass is 353 g/mol. The van der Waals surface area contributed by atoms with Crippen LogP contribution in [0.25, 0.3) is 0 Å². The summed E-state index contributed by atoms with van der Waals surface area (Å²) in [4.78, 5) is 2.61. The third-order valence-corrected chi connectivity index (χ3v) is 5.12. The van der Waals surface area contributed by atoms with Crippen molar-refractivity contribution in [1.82, 2.24) is 4.90 Å². The van der Waals surface area contributed by atoms with Gasteiger partial charge in [0.25, 0.3) is 0 Å². The van der Waals surface area contributed by atoms with E-state index in [2.05, 4.69) is 34.7 Å². The van der Waals surface area contributed by atoms with Crippen LogP contribution >= 0.6 is 15.9 Å². The highest BCUT2D eigenvalue weighted by atomic mass is 79.9. The summed E-state index contributed by atoms with van der Waals surface area (Å²) in [5, 5.41) is 10.5. The number of hydrogen-bond acceptors (Lipinski definition) is 2. The van der Waals surface area contributed by atoms with E-state index in [9.17, 15) is 5.11 Å². The van der Waals surface area contributed by atoms with Crippen LogP contribution in [0.15, 0.2) is 28.7 Å². The first-order valence-corrected chi connectivity index (χ1v) is 9.03. The molecular weight excluding hydrogens is 326 g/mol. The summed E-state index contributed by atoms with van der Waals surface area (Å²) in [6, 6.07) is 8.73. The van der Waals surface area contributed by atoms with Crippen LogP contribution in [-0.2, 0) is 0 Å². The lowest BCUT2D eigenvalue weighted by Crippen LogP contribution is -2.37. The van der Waals surface area contributed by atoms with Crippen LogP contribution in [-0.4, -0.2) is 29.1 Å². The van der Waals surface area contributed by atoms with E-state index in [1.807, 2.05) is 24.3 Å². The molecule has 0 aromatic heterocycles. The van der Waals surface area contributed by atoms with Gasteiger partial charge in [-0.05, 0) is 36.8 Å². The van der Waals surface area contributed by atoms with Crippen LogP contribution in [0.1, 0.15) is 57.6 Å². The molecule has 0 radical (unpaired) electrons. The number of benzene rings is 1. The Labute approximate surface area is 137 Å². The van der Waals surface area contributed by atoms with E-state index in [-0.39, 0.29) is 6.10 Å². The van der Waals surface area contributed by atoms with E-state index in [1.165, 1.54) is 25.7 Å². The number of halogens is 1. The molecule has 0 amide bonds. The third-order valence-electron chi connectivity index (χ3n) is 4.39. The number of rotatable bonds is 7. The molecule has 0 spiro atoms. The zero-order valence-electron chi connectivity index (χ0n) is 13.3. The zero-order chi connectivity index (χ0) is 15.2. The summed E-state index contributed by atoms with van der Waals surface area (Å²) in [6.07, 6.45) is 5.83. The summed E-state index contributed by atoms with van der Waals surface area (Å²) >= 11 is 3.54. The van der Waals surface area contributed by atoms with E-state index in [1.54, 1.807) is 0 Å². The molecule has 3 heteroatoms. The third kappa shape index (κ3) is 5.08. The van der Waals surface area contributed by atoms with Crippen molar-refractivity contribution in [2.75, 3.05) is 13.1 Å². The molecule has 0 saturated heterocycles. The normalized spacial score (nSPS) is 17.8. The maximum Gasteiger partial charge on any atom is 0.0813 e. The Kier molecular flexibility index (Phi) is 6.72. The van der Waals surface area contributed by atoms with Crippen LogP contribution in [0.2, 0.25) is 0 Å². The largest absolute Gasteiger partial charge is 0.388 e. The van der Waals surface area contributed by atoms with Crippen LogP contribution in [0, 0.1) is 5.92 Å². The van der Waals surface area contributed by atoms with E-state index < -0.39 is 0 Å². The number of hydrogen-bond donors (Lipinski definition) is 1. The van der Waals surface area contributed by atoms with Crippen molar-refractivity contribution >= 4 is 15.9 Å². The van der Waals surface area contributed by atoms with Crippen LogP contribution in [0.5, 0.6) is 0 Å². The van der Waals surface area contributed by atoms with Gasteiger partial charge in [0, 0.05) is 23.6 Å². The first kappa shape index (κ1) is 17.0. The lowest BCUT2D eigenvalue weighted by molar-refractivity contribution is 0.115. The average Bonchev–Trinajstić information content (AvgIpc) is 2.97. The lowest BCUT2D eigenvalue weighted by Gasteiger charge is -2.31. The Hall–Kier alpha value is -0.380. The first-order valence-electron chi connectivity index (χ1n) is 8.24. The molecule has 1 saturated carbocycles. The van der Waals surface area contributed by atoms with Crippen molar-refractivity contribution in [1.29, 1.82) is 0 Å². The first-order chi connectivity index (χ1) is 10.1. The van der Waals surface area contributed by atoms with Gasteiger partial charge in [0.05, 0.1) is 6.10 Å². The standard InChI is InChI=1S/C18H28BrNO/c1-14(2)13-20(15-7-3-4-8-15)12-11-18(21)16-9-5-6-10-17(16)19/h5-6,9-10,14-15,18,21H,3-4,7-8,11-13H2,1-2H3. The van der Waals surface area contributed by atoms with Gasteiger partial charge >= 0.3 is 0 Å². The summed E-state index contributed by atoms with van der Waals surface area (Å²) in [6.45, 7) is 6.71. The van der Waals surface area contributed by atoms with Crippen molar-refractivity contribution in [3.8, 4) is 0 Å². The predicted molar refractivity (Wildman–Crippen MR) is 92.4 cm³/mol. The van der Waals surface area contributed by atoms with Crippen molar-refractivity contribution in [3.63, 3.8) is 0 Å². The number of aliphatic hydroxyl groups is 1. The lowest BCUT2D eigenvalue weighted by atomic mass is 10.0. The highest BCUT2D eigenvalue weighted by Crippen LogP contribution is 2.28. The maximum atomic E-state index is 10.5. The second-order valence-corrected chi connectivity index (χ2v) is 7.51. The van der Waals surface area contributed by atoms with E-state index in [0.29, 0.717) is 5.92 Å². The van der Waals surface area contributed by atoms with Crippen LogP contribution in [0.3, 0.4) is 0 Å². The predicted octanol–water partition coefficient (Wildman–Crippen LogP) is 4.77. The fraction of sp³-hybridized carbons (Fsp3) is 0.667. The minimum absolute atomic E-state index is 0.378. The second kappa shape index (κ2) is 8.30. The molecular formula is C18H28BrNO. The summed E-state index contributed by atoms with van der Waals surface area (Å²) in [5.74, 6) is 0.686. The van der Waals surface area contributed by atoms with Gasteiger partial charge in [-0.15, -0.1) is 0 Å². The fourth-order valence-corrected chi connectivity index (χ4v) is 3.90. The molecule has 118 valence electrons. The molecule has 1 aromatic rings. The minimum atomic E-state index is -0.378. The summed E-state index contributed by atoms with van der Waals surface area (Å²) < 4.78 is 1.01. The van der Waals surface area contributed by atoms with Gasteiger partial charge in [0.15, 0.2) is 0 Å². The number of nitrogens with zero attached hydrogens (tertiary/aromatic N) is 1. The van der Waals surface area contributed by atoms with E-state index in [4.69, 9.17) is 0 Å². The minimum Gasteiger partial charge on any atom is -0.388 e. The highest BCUT2D eigenvalue weighted by Gasteiger charge is 2.24. The Balaban J connectivity index is 1.92. The van der Waals surface area contributed by atoms with Gasteiger partial charge in [-0.25, -0.2) is 0 Å². The molecule has 2 rings (SSSR count). The molecule has 1 atom stereocenters. The molecule has 0 aliphatic heterocycles. The molecule has 0 heterocycles. The van der Waals surface area contributed by atoms with Gasteiger partial charge in [0.2, 0.25) is 0 Å². The molecule has 2 nitrogen and oxygen atoms in total. The molecule has 1 aliphatic carbocycles. The van der Waals surface area contributed by atoms with Gasteiger partial charge in [-0.2, -0.15) is 0 Å². The van der Waals surface area contributed by atoms with Crippen LogP contribution < -0.4 is 0 Å². The van der Waals surface area contributed by atoms with E-state index in [0.717, 1.165) is 35.6 Å². The van der Waals surface area contributed by atoms with Gasteiger partial charge in [0.1, 0.15) is 0 Å². The Morgan fingerprint density at radius 1 is 1.24 bits per heavy atom. The Bertz CT molecular complexity index is 429. The molecule has 1 aliphatic rings. The average molecular weight is 354 g/mol.